The van der Waals surface area contributed by atoms with Crippen LogP contribution in [0.1, 0.15) is 23.2 Å². The normalized spacial score (nSPS) is 20.2. The van der Waals surface area contributed by atoms with E-state index in [1.807, 2.05) is 0 Å². The summed E-state index contributed by atoms with van der Waals surface area (Å²) in [6, 6.07) is 6.16. The van der Waals surface area contributed by atoms with Crippen molar-refractivity contribution in [2.45, 2.75) is 12.8 Å². The first-order valence-corrected chi connectivity index (χ1v) is 7.10. The number of benzene rings is 1. The molecule has 0 heterocycles. The van der Waals surface area contributed by atoms with Gasteiger partial charge in [0.1, 0.15) is 0 Å². The molecule has 1 aromatic rings. The quantitative estimate of drug-likeness (QED) is 0.584. The highest BCUT2D eigenvalue weighted by molar-refractivity contribution is 6.30. The third-order valence-electron chi connectivity index (χ3n) is 3.49. The van der Waals surface area contributed by atoms with E-state index < -0.39 is 29.6 Å². The van der Waals surface area contributed by atoms with Gasteiger partial charge in [0.2, 0.25) is 5.91 Å². The Balaban J connectivity index is 1.94. The number of halogens is 1. The minimum Gasteiger partial charge on any atom is -0.481 e. The van der Waals surface area contributed by atoms with E-state index >= 15 is 0 Å². The molecule has 0 aromatic heterocycles. The highest BCUT2D eigenvalue weighted by Gasteiger charge is 2.34. The van der Waals surface area contributed by atoms with Crippen LogP contribution in [0.25, 0.3) is 0 Å². The minimum atomic E-state index is -1.02. The first-order chi connectivity index (χ1) is 10.5. The summed E-state index contributed by atoms with van der Waals surface area (Å²) >= 11 is 5.73. The fourth-order valence-electron chi connectivity index (χ4n) is 2.26. The van der Waals surface area contributed by atoms with E-state index in [-0.39, 0.29) is 0 Å². The Bertz CT molecular complexity index is 612. The van der Waals surface area contributed by atoms with Gasteiger partial charge < -0.3 is 5.11 Å². The number of carboxylic acids is 1. The molecule has 116 valence electrons. The average Bonchev–Trinajstić information content (AvgIpc) is 2.53. The van der Waals surface area contributed by atoms with Crippen molar-refractivity contribution < 1.29 is 19.5 Å². The highest BCUT2D eigenvalue weighted by Crippen LogP contribution is 2.25. The van der Waals surface area contributed by atoms with Gasteiger partial charge in [0, 0.05) is 10.6 Å². The van der Waals surface area contributed by atoms with Crippen molar-refractivity contribution in [3.05, 3.63) is 47.0 Å². The van der Waals surface area contributed by atoms with Gasteiger partial charge in [-0.05, 0) is 37.1 Å². The summed E-state index contributed by atoms with van der Waals surface area (Å²) in [4.78, 5) is 35.1. The van der Waals surface area contributed by atoms with Crippen LogP contribution >= 0.6 is 11.6 Å². The van der Waals surface area contributed by atoms with Crippen LogP contribution < -0.4 is 10.9 Å². The summed E-state index contributed by atoms with van der Waals surface area (Å²) in [7, 11) is 0. The number of allylic oxidation sites excluding steroid dienone is 2. The second-order valence-electron chi connectivity index (χ2n) is 4.94. The molecule has 22 heavy (non-hydrogen) atoms. The third kappa shape index (κ3) is 3.85. The third-order valence-corrected chi connectivity index (χ3v) is 3.74. The average molecular weight is 323 g/mol. The Hall–Kier alpha value is -2.34. The predicted molar refractivity (Wildman–Crippen MR) is 80.1 cm³/mol. The van der Waals surface area contributed by atoms with Crippen LogP contribution in [0, 0.1) is 11.8 Å². The number of hydrogen-bond donors (Lipinski definition) is 3. The van der Waals surface area contributed by atoms with Gasteiger partial charge in [-0.3, -0.25) is 25.2 Å². The van der Waals surface area contributed by atoms with E-state index in [9.17, 15) is 14.4 Å². The molecule has 0 saturated carbocycles. The molecule has 6 nitrogen and oxygen atoms in total. The number of carboxylic acid groups (broad SMARTS) is 1. The Morgan fingerprint density at radius 1 is 1.00 bits per heavy atom. The molecule has 0 aliphatic heterocycles. The number of nitrogens with one attached hydrogen (secondary N) is 2. The van der Waals surface area contributed by atoms with Crippen molar-refractivity contribution in [3.63, 3.8) is 0 Å². The molecule has 0 unspecified atom stereocenters. The summed E-state index contributed by atoms with van der Waals surface area (Å²) in [6.07, 6.45) is 4.15. The molecule has 0 radical (unpaired) electrons. The number of hydrazine groups is 1. The maximum atomic E-state index is 12.1. The van der Waals surface area contributed by atoms with Crippen molar-refractivity contribution in [1.82, 2.24) is 10.9 Å². The fraction of sp³-hybridized carbons (Fsp3) is 0.267. The van der Waals surface area contributed by atoms with Crippen LogP contribution in [0.5, 0.6) is 0 Å². The zero-order valence-electron chi connectivity index (χ0n) is 11.6. The zero-order chi connectivity index (χ0) is 16.1. The van der Waals surface area contributed by atoms with Gasteiger partial charge in [-0.2, -0.15) is 0 Å². The predicted octanol–water partition coefficient (Wildman–Crippen LogP) is 1.77. The smallest absolute Gasteiger partial charge is 0.307 e. The van der Waals surface area contributed by atoms with E-state index in [0.717, 1.165) is 0 Å². The Morgan fingerprint density at radius 3 is 2.18 bits per heavy atom. The molecular weight excluding hydrogens is 308 g/mol. The molecule has 7 heteroatoms. The van der Waals surface area contributed by atoms with Crippen LogP contribution in [0.15, 0.2) is 36.4 Å². The van der Waals surface area contributed by atoms with Gasteiger partial charge in [-0.1, -0.05) is 23.8 Å². The highest BCUT2D eigenvalue weighted by atomic mass is 35.5. The summed E-state index contributed by atoms with van der Waals surface area (Å²) in [5.41, 5.74) is 4.89. The zero-order valence-corrected chi connectivity index (χ0v) is 12.3. The van der Waals surface area contributed by atoms with Crippen molar-refractivity contribution in [3.8, 4) is 0 Å². The van der Waals surface area contributed by atoms with Gasteiger partial charge in [-0.15, -0.1) is 0 Å². The van der Waals surface area contributed by atoms with Crippen LogP contribution in [-0.2, 0) is 9.59 Å². The van der Waals surface area contributed by atoms with Crippen LogP contribution in [0.3, 0.4) is 0 Å². The number of amides is 2. The summed E-state index contributed by atoms with van der Waals surface area (Å²) in [6.45, 7) is 0. The molecule has 0 spiro atoms. The first kappa shape index (κ1) is 16.0. The van der Waals surface area contributed by atoms with Gasteiger partial charge in [0.25, 0.3) is 5.91 Å². The van der Waals surface area contributed by atoms with Crippen molar-refractivity contribution in [2.75, 3.05) is 0 Å². The van der Waals surface area contributed by atoms with Crippen LogP contribution in [0.4, 0.5) is 0 Å². The van der Waals surface area contributed by atoms with Gasteiger partial charge in [-0.25, -0.2) is 0 Å². The van der Waals surface area contributed by atoms with E-state index in [2.05, 4.69) is 10.9 Å². The van der Waals surface area contributed by atoms with E-state index in [4.69, 9.17) is 16.7 Å². The molecule has 1 aliphatic carbocycles. The summed E-state index contributed by atoms with van der Waals surface area (Å²) < 4.78 is 0. The number of carbonyl (C=O) groups excluding carboxylic acids is 2. The number of aliphatic carboxylic acids is 1. The van der Waals surface area contributed by atoms with E-state index in [1.54, 1.807) is 24.3 Å². The maximum absolute atomic E-state index is 12.1. The largest absolute Gasteiger partial charge is 0.481 e. The standard InChI is InChI=1S/C15H15ClN2O4/c16-10-7-5-9(6-8-10)13(19)17-18-14(20)11-3-1-2-4-12(11)15(21)22/h1-2,5-8,11-12H,3-4H2,(H,17,19)(H,18,20)(H,21,22)/t11-,12-/m1/s1. The lowest BCUT2D eigenvalue weighted by Crippen LogP contribution is -2.47. The lowest BCUT2D eigenvalue weighted by Gasteiger charge is -2.24. The lowest BCUT2D eigenvalue weighted by atomic mass is 9.82. The lowest BCUT2D eigenvalue weighted by molar-refractivity contribution is -0.147. The Labute approximate surface area is 132 Å². The number of hydrogen-bond acceptors (Lipinski definition) is 3. The first-order valence-electron chi connectivity index (χ1n) is 6.72. The number of carbonyl (C=O) groups is 3. The van der Waals surface area contributed by atoms with E-state index in [0.29, 0.717) is 23.4 Å². The van der Waals surface area contributed by atoms with Crippen molar-refractivity contribution in [2.24, 2.45) is 11.8 Å². The molecule has 1 aliphatic rings. The molecule has 0 fully saturated rings. The molecule has 2 rings (SSSR count). The van der Waals surface area contributed by atoms with Crippen LogP contribution in [-0.4, -0.2) is 22.9 Å². The molecule has 2 amide bonds. The molecule has 0 saturated heterocycles. The van der Waals surface area contributed by atoms with Gasteiger partial charge in [0.05, 0.1) is 11.8 Å². The topological polar surface area (TPSA) is 95.5 Å². The Kier molecular flexibility index (Phi) is 5.16. The molecule has 1 aromatic carbocycles. The maximum Gasteiger partial charge on any atom is 0.307 e. The second kappa shape index (κ2) is 7.09. The molecular formula is C15H15ClN2O4. The Morgan fingerprint density at radius 2 is 1.59 bits per heavy atom. The minimum absolute atomic E-state index is 0.304. The van der Waals surface area contributed by atoms with Gasteiger partial charge in [0.15, 0.2) is 0 Å². The monoisotopic (exact) mass is 322 g/mol. The summed E-state index contributed by atoms with van der Waals surface area (Å²) in [5, 5.41) is 9.62. The SMILES string of the molecule is O=C(NNC(=O)[C@@H]1CC=CC[C@H]1C(=O)O)c1ccc(Cl)cc1. The van der Waals surface area contributed by atoms with Gasteiger partial charge >= 0.3 is 5.97 Å². The van der Waals surface area contributed by atoms with Crippen molar-refractivity contribution >= 4 is 29.4 Å². The van der Waals surface area contributed by atoms with Crippen LogP contribution in [0.2, 0.25) is 5.02 Å². The van der Waals surface area contributed by atoms with Crippen molar-refractivity contribution in [1.29, 1.82) is 0 Å². The second-order valence-corrected chi connectivity index (χ2v) is 5.38. The van der Waals surface area contributed by atoms with E-state index in [1.165, 1.54) is 12.1 Å². The summed E-state index contributed by atoms with van der Waals surface area (Å²) in [5.74, 6) is -3.51. The number of rotatable bonds is 3. The molecule has 2 atom stereocenters. The molecule has 0 bridgehead atoms. The fourth-order valence-corrected chi connectivity index (χ4v) is 2.39. The molecule has 3 N–H and O–H groups in total.